The van der Waals surface area contributed by atoms with Gasteiger partial charge in [-0.2, -0.15) is 0 Å². The predicted molar refractivity (Wildman–Crippen MR) is 102 cm³/mol. The van der Waals surface area contributed by atoms with Crippen LogP contribution in [0.5, 0.6) is 0 Å². The molecule has 0 radical (unpaired) electrons. The Morgan fingerprint density at radius 3 is 2.60 bits per heavy atom. The van der Waals surface area contributed by atoms with Gasteiger partial charge in [0.05, 0.1) is 11.1 Å². The summed E-state index contributed by atoms with van der Waals surface area (Å²) in [5, 5.41) is 3.85. The number of fused-ring (bicyclic) bond motifs is 1. The lowest BCUT2D eigenvalue weighted by molar-refractivity contribution is 0.102. The molecule has 0 bridgehead atoms. The van der Waals surface area contributed by atoms with Crippen molar-refractivity contribution >= 4 is 28.3 Å². The van der Waals surface area contributed by atoms with Crippen molar-refractivity contribution < 1.29 is 4.79 Å². The smallest absolute Gasteiger partial charge is 0.256 e. The van der Waals surface area contributed by atoms with Crippen molar-refractivity contribution in [2.45, 2.75) is 6.42 Å². The lowest BCUT2D eigenvalue weighted by Gasteiger charge is -2.25. The first-order chi connectivity index (χ1) is 12.3. The van der Waals surface area contributed by atoms with Gasteiger partial charge in [-0.05, 0) is 30.7 Å². The zero-order valence-corrected chi connectivity index (χ0v) is 13.9. The first kappa shape index (κ1) is 15.4. The molecule has 1 N–H and O–H groups in total. The van der Waals surface area contributed by atoms with Crippen molar-refractivity contribution in [1.82, 2.24) is 4.98 Å². The molecule has 1 aliphatic rings. The fraction of sp³-hybridized carbons (Fsp3) is 0.143. The van der Waals surface area contributed by atoms with Gasteiger partial charge in [-0.25, -0.2) is 4.98 Å². The molecular weight excluding hydrogens is 310 g/mol. The van der Waals surface area contributed by atoms with E-state index in [0.717, 1.165) is 41.9 Å². The van der Waals surface area contributed by atoms with E-state index in [9.17, 15) is 4.79 Å². The first-order valence-electron chi connectivity index (χ1n) is 8.47. The molecule has 4 heteroatoms. The highest BCUT2D eigenvalue weighted by molar-refractivity contribution is 6.13. The minimum absolute atomic E-state index is 0.112. The number of benzene rings is 2. The van der Waals surface area contributed by atoms with Crippen LogP contribution in [0.4, 0.5) is 11.5 Å². The number of carbonyl (C=O) groups excluding carboxylic acids is 1. The van der Waals surface area contributed by atoms with Crippen molar-refractivity contribution in [2.24, 2.45) is 0 Å². The number of anilines is 2. The van der Waals surface area contributed by atoms with E-state index in [1.165, 1.54) is 0 Å². The third-order valence-corrected chi connectivity index (χ3v) is 4.36. The normalized spacial score (nSPS) is 13.8. The Labute approximate surface area is 146 Å². The zero-order valence-electron chi connectivity index (χ0n) is 13.9. The quantitative estimate of drug-likeness (QED) is 0.731. The molecule has 0 aliphatic carbocycles. The van der Waals surface area contributed by atoms with Gasteiger partial charge in [0.15, 0.2) is 0 Å². The topological polar surface area (TPSA) is 45.2 Å². The van der Waals surface area contributed by atoms with E-state index >= 15 is 0 Å². The molecule has 1 amide bonds. The summed E-state index contributed by atoms with van der Waals surface area (Å²) in [6, 6.07) is 19.2. The number of aromatic nitrogens is 1. The summed E-state index contributed by atoms with van der Waals surface area (Å²) in [6.07, 6.45) is 5.32. The standard InChI is InChI=1S/C21H19N3O/c25-21(22-16-9-3-1-4-10-16)18-15-20(24-13-7-2-8-14-24)23-19-12-6-5-11-17(18)19/h1-7,9-12,15H,8,13-14H2,(H,22,25). The molecule has 0 spiro atoms. The summed E-state index contributed by atoms with van der Waals surface area (Å²) in [7, 11) is 0. The molecule has 1 aliphatic heterocycles. The molecule has 25 heavy (non-hydrogen) atoms. The lowest BCUT2D eigenvalue weighted by Crippen LogP contribution is -2.28. The molecule has 0 unspecified atom stereocenters. The number of carbonyl (C=O) groups is 1. The summed E-state index contributed by atoms with van der Waals surface area (Å²) in [4.78, 5) is 19.9. The summed E-state index contributed by atoms with van der Waals surface area (Å²) in [6.45, 7) is 1.74. The summed E-state index contributed by atoms with van der Waals surface area (Å²) in [5.41, 5.74) is 2.28. The number of nitrogens with one attached hydrogen (secondary N) is 1. The summed E-state index contributed by atoms with van der Waals surface area (Å²) < 4.78 is 0. The molecule has 2 heterocycles. The number of para-hydroxylation sites is 2. The largest absolute Gasteiger partial charge is 0.353 e. The molecule has 1 aromatic heterocycles. The predicted octanol–water partition coefficient (Wildman–Crippen LogP) is 4.25. The van der Waals surface area contributed by atoms with Crippen LogP contribution < -0.4 is 10.2 Å². The monoisotopic (exact) mass is 329 g/mol. The molecule has 0 saturated heterocycles. The van der Waals surface area contributed by atoms with Gasteiger partial charge in [0.1, 0.15) is 5.82 Å². The third-order valence-electron chi connectivity index (χ3n) is 4.36. The van der Waals surface area contributed by atoms with Crippen LogP contribution in [0.3, 0.4) is 0 Å². The molecular formula is C21H19N3O. The van der Waals surface area contributed by atoms with Gasteiger partial charge in [0.2, 0.25) is 0 Å². The highest BCUT2D eigenvalue weighted by Crippen LogP contribution is 2.25. The maximum Gasteiger partial charge on any atom is 0.256 e. The number of hydrogen-bond acceptors (Lipinski definition) is 3. The maximum absolute atomic E-state index is 12.9. The fourth-order valence-corrected chi connectivity index (χ4v) is 3.08. The average Bonchev–Trinajstić information content (AvgIpc) is 2.68. The Morgan fingerprint density at radius 1 is 1.00 bits per heavy atom. The number of rotatable bonds is 3. The second kappa shape index (κ2) is 6.77. The highest BCUT2D eigenvalue weighted by Gasteiger charge is 2.16. The van der Waals surface area contributed by atoms with Crippen LogP contribution in [0.15, 0.2) is 72.8 Å². The second-order valence-corrected chi connectivity index (χ2v) is 6.07. The summed E-state index contributed by atoms with van der Waals surface area (Å²) >= 11 is 0. The van der Waals surface area contributed by atoms with E-state index in [1.54, 1.807) is 0 Å². The van der Waals surface area contributed by atoms with Gasteiger partial charge in [-0.1, -0.05) is 48.6 Å². The van der Waals surface area contributed by atoms with Crippen molar-refractivity contribution in [3.63, 3.8) is 0 Å². The van der Waals surface area contributed by atoms with Crippen molar-refractivity contribution in [3.05, 3.63) is 78.4 Å². The molecule has 124 valence electrons. The minimum Gasteiger partial charge on any atom is -0.353 e. The number of pyridine rings is 1. The molecule has 4 rings (SSSR count). The van der Waals surface area contributed by atoms with E-state index in [0.29, 0.717) is 5.56 Å². The lowest BCUT2D eigenvalue weighted by atomic mass is 10.1. The summed E-state index contributed by atoms with van der Waals surface area (Å²) in [5.74, 6) is 0.736. The average molecular weight is 329 g/mol. The Bertz CT molecular complexity index is 934. The Balaban J connectivity index is 1.75. The van der Waals surface area contributed by atoms with Crippen molar-refractivity contribution in [3.8, 4) is 0 Å². The Kier molecular flexibility index (Phi) is 4.17. The Morgan fingerprint density at radius 2 is 1.80 bits per heavy atom. The maximum atomic E-state index is 12.9. The molecule has 2 aromatic carbocycles. The van der Waals surface area contributed by atoms with E-state index in [1.807, 2.05) is 60.7 Å². The highest BCUT2D eigenvalue weighted by atomic mass is 16.1. The van der Waals surface area contributed by atoms with Gasteiger partial charge in [-0.3, -0.25) is 4.79 Å². The van der Waals surface area contributed by atoms with E-state index in [-0.39, 0.29) is 5.91 Å². The van der Waals surface area contributed by atoms with Crippen LogP contribution in [0.1, 0.15) is 16.8 Å². The van der Waals surface area contributed by atoms with Gasteiger partial charge in [-0.15, -0.1) is 0 Å². The van der Waals surface area contributed by atoms with Crippen LogP contribution in [-0.2, 0) is 0 Å². The van der Waals surface area contributed by atoms with Crippen molar-refractivity contribution in [2.75, 3.05) is 23.3 Å². The van der Waals surface area contributed by atoms with E-state index in [4.69, 9.17) is 4.98 Å². The molecule has 3 aromatic rings. The zero-order chi connectivity index (χ0) is 17.1. The SMILES string of the molecule is O=C(Nc1ccccc1)c1cc(N2CC=CCC2)nc2ccccc12. The third kappa shape index (κ3) is 3.24. The van der Waals surface area contributed by atoms with E-state index < -0.39 is 0 Å². The molecule has 0 atom stereocenters. The van der Waals surface area contributed by atoms with E-state index in [2.05, 4.69) is 22.4 Å². The van der Waals surface area contributed by atoms with Gasteiger partial charge < -0.3 is 10.2 Å². The van der Waals surface area contributed by atoms with Crippen LogP contribution in [0.25, 0.3) is 10.9 Å². The fourth-order valence-electron chi connectivity index (χ4n) is 3.08. The van der Waals surface area contributed by atoms with Crippen LogP contribution in [0.2, 0.25) is 0 Å². The molecule has 4 nitrogen and oxygen atoms in total. The van der Waals surface area contributed by atoms with Gasteiger partial charge in [0.25, 0.3) is 5.91 Å². The van der Waals surface area contributed by atoms with Crippen LogP contribution in [-0.4, -0.2) is 24.0 Å². The van der Waals surface area contributed by atoms with Crippen molar-refractivity contribution in [1.29, 1.82) is 0 Å². The Hall–Kier alpha value is -3.14. The second-order valence-electron chi connectivity index (χ2n) is 6.07. The van der Waals surface area contributed by atoms with Crippen LogP contribution in [0, 0.1) is 0 Å². The number of hydrogen-bond donors (Lipinski definition) is 1. The van der Waals surface area contributed by atoms with Gasteiger partial charge >= 0.3 is 0 Å². The number of amides is 1. The first-order valence-corrected chi connectivity index (χ1v) is 8.47. The van der Waals surface area contributed by atoms with Gasteiger partial charge in [0, 0.05) is 24.2 Å². The van der Waals surface area contributed by atoms with Crippen LogP contribution >= 0.6 is 0 Å². The number of nitrogens with zero attached hydrogens (tertiary/aromatic N) is 2. The molecule has 0 fully saturated rings. The minimum atomic E-state index is -0.112. The molecule has 0 saturated carbocycles.